The van der Waals surface area contributed by atoms with Gasteiger partial charge in [0.1, 0.15) is 0 Å². The molecule has 0 atom stereocenters. The van der Waals surface area contributed by atoms with E-state index in [-0.39, 0.29) is 0 Å². The van der Waals surface area contributed by atoms with Gasteiger partial charge in [0.05, 0.1) is 8.57 Å². The molecule has 1 radical (unpaired) electrons. The standard InChI is InChI=1S/C2Cl2I/c3-1-2(4)5. The molecule has 0 rings (SSSR count). The summed E-state index contributed by atoms with van der Waals surface area (Å²) in [5, 5.41) is 0. The van der Waals surface area contributed by atoms with Crippen LogP contribution in [-0.4, -0.2) is 0 Å². The van der Waals surface area contributed by atoms with E-state index in [0.29, 0.717) is 3.04 Å². The molecule has 0 aromatic carbocycles. The average molecular weight is 222 g/mol. The van der Waals surface area contributed by atoms with Crippen LogP contribution in [0.3, 0.4) is 0 Å². The Morgan fingerprint density at radius 1 is 1.80 bits per heavy atom. The zero-order chi connectivity index (χ0) is 4.28. The molecule has 29 valence electrons. The lowest BCUT2D eigenvalue weighted by Crippen LogP contribution is -1.33. The van der Waals surface area contributed by atoms with Gasteiger partial charge >= 0.3 is 0 Å². The Kier molecular flexibility index (Phi) is 3.93. The maximum absolute atomic E-state index is 5.12. The minimum Gasteiger partial charge on any atom is -0.0805 e. The molecule has 0 saturated carbocycles. The smallest absolute Gasteiger partial charge is 0.0805 e. The Balaban J connectivity index is 3.14. The Hall–Kier alpha value is 1.05. The summed E-state index contributed by atoms with van der Waals surface area (Å²) in [6, 6.07) is 0. The van der Waals surface area contributed by atoms with Gasteiger partial charge in [0.15, 0.2) is 0 Å². The Morgan fingerprint density at radius 2 is 2.00 bits per heavy atom. The van der Waals surface area contributed by atoms with Gasteiger partial charge < -0.3 is 0 Å². The number of halogens is 3. The van der Waals surface area contributed by atoms with E-state index in [1.54, 1.807) is 0 Å². The van der Waals surface area contributed by atoms with Gasteiger partial charge in [0, 0.05) is 0 Å². The topological polar surface area (TPSA) is 0 Å². The SMILES string of the molecule is Cl/[C]=C(\Cl)I. The first-order valence-corrected chi connectivity index (χ1v) is 2.65. The highest BCUT2D eigenvalue weighted by molar-refractivity contribution is 14.1. The van der Waals surface area contributed by atoms with Gasteiger partial charge in [-0.05, 0) is 22.6 Å². The predicted molar refractivity (Wildman–Crippen MR) is 32.5 cm³/mol. The maximum atomic E-state index is 5.12. The number of hydrogen-bond acceptors (Lipinski definition) is 0. The second-order valence-corrected chi connectivity index (χ2v) is 2.64. The molecule has 3 heteroatoms. The van der Waals surface area contributed by atoms with E-state index in [0.717, 1.165) is 0 Å². The Morgan fingerprint density at radius 3 is 2.00 bits per heavy atom. The first kappa shape index (κ1) is 6.05. The monoisotopic (exact) mass is 221 g/mol. The van der Waals surface area contributed by atoms with E-state index >= 15 is 0 Å². The third-order valence-corrected chi connectivity index (χ3v) is 1.04. The van der Waals surface area contributed by atoms with Crippen LogP contribution in [0, 0.1) is 5.54 Å². The first-order chi connectivity index (χ1) is 2.27. The normalized spacial score (nSPS) is 12.2. The summed E-state index contributed by atoms with van der Waals surface area (Å²) < 4.78 is 0.462. The van der Waals surface area contributed by atoms with E-state index in [4.69, 9.17) is 23.2 Å². The van der Waals surface area contributed by atoms with Crippen molar-refractivity contribution in [1.82, 2.24) is 0 Å². The molecule has 0 aromatic rings. The van der Waals surface area contributed by atoms with Crippen LogP contribution in [0.5, 0.6) is 0 Å². The van der Waals surface area contributed by atoms with Crippen LogP contribution in [0.15, 0.2) is 3.04 Å². The van der Waals surface area contributed by atoms with Crippen LogP contribution in [0.25, 0.3) is 0 Å². The molecule has 0 nitrogen and oxygen atoms in total. The zero-order valence-electron chi connectivity index (χ0n) is 2.13. The second kappa shape index (κ2) is 3.25. The highest BCUT2D eigenvalue weighted by atomic mass is 127. The third-order valence-electron chi connectivity index (χ3n) is 0.0714. The predicted octanol–water partition coefficient (Wildman–Crippen LogP) is 2.50. The fraction of sp³-hybridized carbons (Fsp3) is 0. The molecule has 0 saturated heterocycles. The van der Waals surface area contributed by atoms with Crippen LogP contribution >= 0.6 is 45.8 Å². The van der Waals surface area contributed by atoms with E-state index in [1.807, 2.05) is 22.6 Å². The van der Waals surface area contributed by atoms with Crippen molar-refractivity contribution in [3.63, 3.8) is 0 Å². The van der Waals surface area contributed by atoms with Gasteiger partial charge in [-0.25, -0.2) is 0 Å². The summed E-state index contributed by atoms with van der Waals surface area (Å²) in [4.78, 5) is 0. The van der Waals surface area contributed by atoms with Crippen molar-refractivity contribution in [1.29, 1.82) is 0 Å². The molecule has 5 heavy (non-hydrogen) atoms. The molecule has 0 heterocycles. The number of hydrogen-bond donors (Lipinski definition) is 0. The van der Waals surface area contributed by atoms with Crippen molar-refractivity contribution in [2.45, 2.75) is 0 Å². The minimum absolute atomic E-state index is 0.462. The summed E-state index contributed by atoms with van der Waals surface area (Å²) in [5.74, 6) is 0. The Bertz CT molecular complexity index is 45.6. The lowest BCUT2D eigenvalue weighted by atomic mass is 11.3. The third kappa shape index (κ3) is 5.05. The largest absolute Gasteiger partial charge is 0.0990 e. The molecule has 0 aromatic heterocycles. The van der Waals surface area contributed by atoms with Crippen LogP contribution in [-0.2, 0) is 0 Å². The summed E-state index contributed by atoms with van der Waals surface area (Å²) in [5.41, 5.74) is 2.17. The molecule has 0 aliphatic rings. The summed E-state index contributed by atoms with van der Waals surface area (Å²) in [6.07, 6.45) is 0. The molecule has 0 aliphatic carbocycles. The molecule has 0 unspecified atom stereocenters. The van der Waals surface area contributed by atoms with Gasteiger partial charge in [-0.3, -0.25) is 0 Å². The van der Waals surface area contributed by atoms with E-state index in [1.165, 1.54) is 0 Å². The molecule has 0 amide bonds. The molecule has 0 aliphatic heterocycles. The molecule has 0 fully saturated rings. The summed E-state index contributed by atoms with van der Waals surface area (Å²) in [6.45, 7) is 0. The molecule has 0 bridgehead atoms. The molecule has 0 spiro atoms. The highest BCUT2D eigenvalue weighted by Crippen LogP contribution is 2.09. The lowest BCUT2D eigenvalue weighted by molar-refractivity contribution is 2.34. The summed E-state index contributed by atoms with van der Waals surface area (Å²) in [7, 11) is 0. The molecular weight excluding hydrogens is 222 g/mol. The van der Waals surface area contributed by atoms with Crippen molar-refractivity contribution in [2.24, 2.45) is 0 Å². The lowest BCUT2D eigenvalue weighted by Gasteiger charge is -1.63. The minimum atomic E-state index is 0.462. The van der Waals surface area contributed by atoms with Gasteiger partial charge in [-0.2, -0.15) is 0 Å². The van der Waals surface area contributed by atoms with Crippen molar-refractivity contribution >= 4 is 45.8 Å². The van der Waals surface area contributed by atoms with Gasteiger partial charge in [0.2, 0.25) is 0 Å². The fourth-order valence-corrected chi connectivity index (χ4v) is 0. The van der Waals surface area contributed by atoms with E-state index < -0.39 is 0 Å². The van der Waals surface area contributed by atoms with Crippen molar-refractivity contribution in [3.8, 4) is 0 Å². The van der Waals surface area contributed by atoms with Crippen molar-refractivity contribution in [3.05, 3.63) is 8.57 Å². The first-order valence-electron chi connectivity index (χ1n) is 0.817. The van der Waals surface area contributed by atoms with Crippen LogP contribution < -0.4 is 0 Å². The van der Waals surface area contributed by atoms with Crippen LogP contribution in [0.1, 0.15) is 0 Å². The molecule has 0 N–H and O–H groups in total. The highest BCUT2D eigenvalue weighted by Gasteiger charge is 1.71. The second-order valence-electron chi connectivity index (χ2n) is 0.355. The van der Waals surface area contributed by atoms with E-state index in [2.05, 4.69) is 5.54 Å². The van der Waals surface area contributed by atoms with Crippen molar-refractivity contribution in [2.75, 3.05) is 0 Å². The Labute approximate surface area is 54.3 Å². The maximum Gasteiger partial charge on any atom is 0.0990 e. The van der Waals surface area contributed by atoms with Crippen LogP contribution in [0.4, 0.5) is 0 Å². The summed E-state index contributed by atoms with van der Waals surface area (Å²) >= 11 is 11.9. The quantitative estimate of drug-likeness (QED) is 0.552. The zero-order valence-corrected chi connectivity index (χ0v) is 5.80. The van der Waals surface area contributed by atoms with Crippen LogP contribution in [0.2, 0.25) is 0 Å². The van der Waals surface area contributed by atoms with Gasteiger partial charge in [0.25, 0.3) is 0 Å². The fourth-order valence-electron chi connectivity index (χ4n) is 0. The van der Waals surface area contributed by atoms with E-state index in [9.17, 15) is 0 Å². The average Bonchev–Trinajstić information content (AvgIpc) is 1.38. The number of rotatable bonds is 0. The molecular formula is C2Cl2I. The van der Waals surface area contributed by atoms with Gasteiger partial charge in [-0.15, -0.1) is 0 Å². The van der Waals surface area contributed by atoms with Crippen molar-refractivity contribution < 1.29 is 0 Å². The van der Waals surface area contributed by atoms with Gasteiger partial charge in [-0.1, -0.05) is 23.2 Å².